The Labute approximate surface area is 198 Å². The first-order chi connectivity index (χ1) is 16.6. The molecule has 4 unspecified atom stereocenters. The molecular formula is C22H28O13. The smallest absolute Gasteiger partial charge is 0.336 e. The minimum Gasteiger partial charge on any atom is -0.462 e. The second-order valence-electron chi connectivity index (χ2n) is 8.53. The van der Waals surface area contributed by atoms with Crippen molar-refractivity contribution in [1.29, 1.82) is 0 Å². The number of hydrogen-bond donors (Lipinski definition) is 7. The van der Waals surface area contributed by atoms with Gasteiger partial charge in [-0.15, -0.1) is 0 Å². The molecule has 2 aliphatic rings. The third kappa shape index (κ3) is 5.06. The standard InChI is InChI=1S/C22H28O13/c1-8-4-14(25)32-11-5-9(2-3-10(8)11)31-21-19(30)17(28)20(13(7-24)34-21)35-22-18(29)16(27)15(26)12(6-23)33-22/h2-5,12-13,15-24,26-30H,6-7H2,1H3/t12?,13?,15-,16+,17-,18?,19?,20-,21-,22+/m1/s1. The lowest BCUT2D eigenvalue weighted by Gasteiger charge is -2.45. The molecule has 2 saturated heterocycles. The molecule has 2 aromatic rings. The van der Waals surface area contributed by atoms with Gasteiger partial charge in [0.2, 0.25) is 6.29 Å². The van der Waals surface area contributed by atoms with E-state index in [9.17, 15) is 40.5 Å². The maximum atomic E-state index is 11.7. The Kier molecular flexibility index (Phi) is 7.73. The third-order valence-electron chi connectivity index (χ3n) is 6.14. The molecule has 0 amide bonds. The van der Waals surface area contributed by atoms with E-state index in [4.69, 9.17) is 23.4 Å². The second kappa shape index (κ2) is 10.4. The molecule has 13 heteroatoms. The fourth-order valence-electron chi connectivity index (χ4n) is 4.17. The van der Waals surface area contributed by atoms with Crippen molar-refractivity contribution in [3.05, 3.63) is 40.2 Å². The van der Waals surface area contributed by atoms with E-state index in [2.05, 4.69) is 0 Å². The molecule has 10 atom stereocenters. The summed E-state index contributed by atoms with van der Waals surface area (Å²) >= 11 is 0. The average molecular weight is 500 g/mol. The van der Waals surface area contributed by atoms with E-state index in [-0.39, 0.29) is 11.3 Å². The molecule has 3 heterocycles. The zero-order valence-corrected chi connectivity index (χ0v) is 18.6. The van der Waals surface area contributed by atoms with Crippen LogP contribution in [-0.4, -0.2) is 110 Å². The molecule has 0 spiro atoms. The number of benzene rings is 1. The van der Waals surface area contributed by atoms with Crippen LogP contribution in [0.4, 0.5) is 0 Å². The lowest BCUT2D eigenvalue weighted by molar-refractivity contribution is -0.352. The van der Waals surface area contributed by atoms with Gasteiger partial charge in [0.1, 0.15) is 60.2 Å². The zero-order chi connectivity index (χ0) is 25.4. The highest BCUT2D eigenvalue weighted by Crippen LogP contribution is 2.31. The maximum Gasteiger partial charge on any atom is 0.336 e. The number of aryl methyl sites for hydroxylation is 1. The SMILES string of the molecule is Cc1cc(=O)oc2cc(O[C@@H]3OC(CO)[C@@H](O[C@@H]4OC(CO)[C@@H](O)[C@H](O)C4O)[C@H](O)C3O)ccc12. The molecule has 2 aliphatic heterocycles. The molecule has 1 aromatic carbocycles. The van der Waals surface area contributed by atoms with Crippen LogP contribution in [0.15, 0.2) is 33.5 Å². The summed E-state index contributed by atoms with van der Waals surface area (Å²) in [5.74, 6) is 0.146. The van der Waals surface area contributed by atoms with Crippen molar-refractivity contribution >= 4 is 11.0 Å². The third-order valence-corrected chi connectivity index (χ3v) is 6.14. The predicted octanol–water partition coefficient (Wildman–Crippen LogP) is -2.90. The van der Waals surface area contributed by atoms with E-state index in [1.54, 1.807) is 19.1 Å². The fourth-order valence-corrected chi connectivity index (χ4v) is 4.17. The van der Waals surface area contributed by atoms with Gasteiger partial charge in [-0.2, -0.15) is 0 Å². The van der Waals surface area contributed by atoms with Crippen molar-refractivity contribution in [2.75, 3.05) is 13.2 Å². The van der Waals surface area contributed by atoms with E-state index >= 15 is 0 Å². The number of fused-ring (bicyclic) bond motifs is 1. The van der Waals surface area contributed by atoms with Gasteiger partial charge < -0.3 is 59.1 Å². The molecule has 7 N–H and O–H groups in total. The highest BCUT2D eigenvalue weighted by molar-refractivity contribution is 5.81. The molecule has 0 bridgehead atoms. The van der Waals surface area contributed by atoms with Gasteiger partial charge in [-0.05, 0) is 24.6 Å². The van der Waals surface area contributed by atoms with Crippen LogP contribution in [0.1, 0.15) is 5.56 Å². The van der Waals surface area contributed by atoms with Gasteiger partial charge in [0, 0.05) is 17.5 Å². The fraction of sp³-hybridized carbons (Fsp3) is 0.591. The highest BCUT2D eigenvalue weighted by atomic mass is 16.7. The Hall–Kier alpha value is -2.17. The van der Waals surface area contributed by atoms with Gasteiger partial charge in [0.15, 0.2) is 6.29 Å². The largest absolute Gasteiger partial charge is 0.462 e. The van der Waals surface area contributed by atoms with Crippen LogP contribution in [0.3, 0.4) is 0 Å². The van der Waals surface area contributed by atoms with Gasteiger partial charge in [0.25, 0.3) is 0 Å². The Morgan fingerprint density at radius 1 is 0.829 bits per heavy atom. The first kappa shape index (κ1) is 25.9. The number of rotatable bonds is 6. The van der Waals surface area contributed by atoms with Gasteiger partial charge >= 0.3 is 5.63 Å². The molecule has 2 fully saturated rings. The minimum atomic E-state index is -1.76. The van der Waals surface area contributed by atoms with Crippen LogP contribution in [0, 0.1) is 6.92 Å². The van der Waals surface area contributed by atoms with Crippen molar-refractivity contribution in [2.45, 2.75) is 68.3 Å². The van der Waals surface area contributed by atoms with E-state index in [0.29, 0.717) is 10.9 Å². The van der Waals surface area contributed by atoms with Crippen LogP contribution < -0.4 is 10.4 Å². The topological polar surface area (TPSA) is 209 Å². The van der Waals surface area contributed by atoms with E-state index in [1.165, 1.54) is 12.1 Å². The number of hydrogen-bond acceptors (Lipinski definition) is 13. The quantitative estimate of drug-likeness (QED) is 0.199. The Morgan fingerprint density at radius 3 is 2.17 bits per heavy atom. The van der Waals surface area contributed by atoms with Crippen LogP contribution in [-0.2, 0) is 14.2 Å². The summed E-state index contributed by atoms with van der Waals surface area (Å²) in [4.78, 5) is 11.7. The van der Waals surface area contributed by atoms with Gasteiger partial charge in [-0.3, -0.25) is 0 Å². The summed E-state index contributed by atoms with van der Waals surface area (Å²) in [5, 5.41) is 71.1. The van der Waals surface area contributed by atoms with Crippen molar-refractivity contribution in [3.8, 4) is 5.75 Å². The van der Waals surface area contributed by atoms with Crippen molar-refractivity contribution < 1.29 is 59.1 Å². The minimum absolute atomic E-state index is 0.146. The molecule has 0 radical (unpaired) electrons. The summed E-state index contributed by atoms with van der Waals surface area (Å²) < 4.78 is 27.1. The normalized spacial score (nSPS) is 37.9. The van der Waals surface area contributed by atoms with Crippen LogP contribution >= 0.6 is 0 Å². The van der Waals surface area contributed by atoms with Crippen molar-refractivity contribution in [3.63, 3.8) is 0 Å². The molecule has 194 valence electrons. The van der Waals surface area contributed by atoms with Crippen molar-refractivity contribution in [1.82, 2.24) is 0 Å². The Bertz CT molecular complexity index is 1070. The molecular weight excluding hydrogens is 472 g/mol. The maximum absolute atomic E-state index is 11.7. The molecule has 0 saturated carbocycles. The van der Waals surface area contributed by atoms with Gasteiger partial charge in [-0.1, -0.05) is 0 Å². The Balaban J connectivity index is 1.50. The first-order valence-corrected chi connectivity index (χ1v) is 10.9. The zero-order valence-electron chi connectivity index (χ0n) is 18.6. The highest BCUT2D eigenvalue weighted by Gasteiger charge is 2.51. The summed E-state index contributed by atoms with van der Waals surface area (Å²) in [6.45, 7) is 0.352. The van der Waals surface area contributed by atoms with Crippen LogP contribution in [0.25, 0.3) is 11.0 Å². The molecule has 4 rings (SSSR count). The first-order valence-electron chi connectivity index (χ1n) is 10.9. The molecule has 13 nitrogen and oxygen atoms in total. The van der Waals surface area contributed by atoms with Gasteiger partial charge in [0.05, 0.1) is 13.2 Å². The lowest BCUT2D eigenvalue weighted by Crippen LogP contribution is -2.65. The van der Waals surface area contributed by atoms with E-state index < -0.39 is 80.3 Å². The number of aliphatic hydroxyl groups is 7. The van der Waals surface area contributed by atoms with Crippen LogP contribution in [0.2, 0.25) is 0 Å². The van der Waals surface area contributed by atoms with Gasteiger partial charge in [-0.25, -0.2) is 4.79 Å². The second-order valence-corrected chi connectivity index (χ2v) is 8.53. The molecule has 35 heavy (non-hydrogen) atoms. The number of aliphatic hydroxyl groups excluding tert-OH is 7. The van der Waals surface area contributed by atoms with Crippen LogP contribution in [0.5, 0.6) is 5.75 Å². The average Bonchev–Trinajstić information content (AvgIpc) is 2.83. The molecule has 0 aliphatic carbocycles. The Morgan fingerprint density at radius 2 is 1.49 bits per heavy atom. The monoisotopic (exact) mass is 500 g/mol. The summed E-state index contributed by atoms with van der Waals surface area (Å²) in [6, 6.07) is 5.94. The lowest BCUT2D eigenvalue weighted by atomic mass is 9.97. The van der Waals surface area contributed by atoms with E-state index in [0.717, 1.165) is 0 Å². The summed E-state index contributed by atoms with van der Waals surface area (Å²) in [5.41, 5.74) is 0.381. The molecule has 1 aromatic heterocycles. The predicted molar refractivity (Wildman–Crippen MR) is 114 cm³/mol. The van der Waals surface area contributed by atoms with E-state index in [1.807, 2.05) is 0 Å². The summed E-state index contributed by atoms with van der Waals surface area (Å²) in [7, 11) is 0. The summed E-state index contributed by atoms with van der Waals surface area (Å²) in [6.07, 6.45) is -15.6. The number of ether oxygens (including phenoxy) is 4. The van der Waals surface area contributed by atoms with Crippen molar-refractivity contribution in [2.24, 2.45) is 0 Å².